The molecular weight excluding hydrogens is 275 g/mol. The van der Waals surface area contributed by atoms with Crippen LogP contribution in [0.15, 0.2) is 18.2 Å². The van der Waals surface area contributed by atoms with E-state index >= 15 is 0 Å². The molecule has 0 spiro atoms. The van der Waals surface area contributed by atoms with Crippen molar-refractivity contribution >= 4 is 5.95 Å². The standard InChI is InChI=1S/C14H17FN4O2/c1-4-7-20-13-17-12(16-3)18-14(19-13)21-10-6-5-9(2)11(15)8-10/h5-6,8H,4,7H2,1-3H3,(H,16,17,18,19). The van der Waals surface area contributed by atoms with Gasteiger partial charge in [-0.2, -0.15) is 9.97 Å². The first kappa shape index (κ1) is 15.0. The molecule has 0 aliphatic carbocycles. The van der Waals surface area contributed by atoms with Crippen molar-refractivity contribution in [1.82, 2.24) is 15.0 Å². The Labute approximate surface area is 122 Å². The number of anilines is 1. The Bertz CT molecular complexity index is 622. The van der Waals surface area contributed by atoms with Crippen molar-refractivity contribution < 1.29 is 13.9 Å². The fraction of sp³-hybridized carbons (Fsp3) is 0.357. The van der Waals surface area contributed by atoms with E-state index in [9.17, 15) is 4.39 Å². The molecule has 6 nitrogen and oxygen atoms in total. The van der Waals surface area contributed by atoms with Gasteiger partial charge >= 0.3 is 12.0 Å². The third-order valence-corrected chi connectivity index (χ3v) is 2.61. The van der Waals surface area contributed by atoms with Crippen LogP contribution in [0.2, 0.25) is 0 Å². The van der Waals surface area contributed by atoms with Gasteiger partial charge in [-0.15, -0.1) is 4.98 Å². The maximum Gasteiger partial charge on any atom is 0.330 e. The number of benzene rings is 1. The van der Waals surface area contributed by atoms with Crippen molar-refractivity contribution in [2.45, 2.75) is 20.3 Å². The monoisotopic (exact) mass is 292 g/mol. The average Bonchev–Trinajstić information content (AvgIpc) is 2.48. The summed E-state index contributed by atoms with van der Waals surface area (Å²) in [5.41, 5.74) is 0.542. The lowest BCUT2D eigenvalue weighted by atomic mass is 10.2. The van der Waals surface area contributed by atoms with Crippen molar-refractivity contribution in [2.75, 3.05) is 19.0 Å². The van der Waals surface area contributed by atoms with Crippen LogP contribution in [0.4, 0.5) is 10.3 Å². The predicted molar refractivity (Wildman–Crippen MR) is 76.4 cm³/mol. The van der Waals surface area contributed by atoms with E-state index < -0.39 is 0 Å². The number of hydrogen-bond donors (Lipinski definition) is 1. The highest BCUT2D eigenvalue weighted by molar-refractivity contribution is 5.32. The molecule has 0 aliphatic heterocycles. The molecule has 1 heterocycles. The highest BCUT2D eigenvalue weighted by atomic mass is 19.1. The zero-order valence-electron chi connectivity index (χ0n) is 12.2. The SMILES string of the molecule is CCCOc1nc(NC)nc(Oc2ccc(C)c(F)c2)n1. The van der Waals surface area contributed by atoms with E-state index in [2.05, 4.69) is 20.3 Å². The van der Waals surface area contributed by atoms with E-state index in [0.717, 1.165) is 6.42 Å². The van der Waals surface area contributed by atoms with Gasteiger partial charge in [0.05, 0.1) is 6.61 Å². The van der Waals surface area contributed by atoms with Gasteiger partial charge in [0.2, 0.25) is 5.95 Å². The normalized spacial score (nSPS) is 10.3. The number of nitrogens with zero attached hydrogens (tertiary/aromatic N) is 3. The van der Waals surface area contributed by atoms with Crippen LogP contribution in [0.3, 0.4) is 0 Å². The number of aryl methyl sites for hydroxylation is 1. The van der Waals surface area contributed by atoms with Gasteiger partial charge in [0.1, 0.15) is 11.6 Å². The number of nitrogens with one attached hydrogen (secondary N) is 1. The summed E-state index contributed by atoms with van der Waals surface area (Å²) < 4.78 is 24.3. The molecule has 0 radical (unpaired) electrons. The van der Waals surface area contributed by atoms with E-state index in [1.165, 1.54) is 6.07 Å². The Morgan fingerprint density at radius 3 is 2.62 bits per heavy atom. The van der Waals surface area contributed by atoms with Crippen LogP contribution < -0.4 is 14.8 Å². The van der Waals surface area contributed by atoms with Crippen molar-refractivity contribution in [3.63, 3.8) is 0 Å². The summed E-state index contributed by atoms with van der Waals surface area (Å²) in [7, 11) is 1.67. The molecule has 0 bridgehead atoms. The average molecular weight is 292 g/mol. The summed E-state index contributed by atoms with van der Waals surface area (Å²) in [6.45, 7) is 4.15. The summed E-state index contributed by atoms with van der Waals surface area (Å²) >= 11 is 0. The van der Waals surface area contributed by atoms with Gasteiger partial charge in [-0.1, -0.05) is 13.0 Å². The summed E-state index contributed by atoms with van der Waals surface area (Å²) in [6, 6.07) is 4.76. The van der Waals surface area contributed by atoms with Gasteiger partial charge in [0.25, 0.3) is 0 Å². The number of halogens is 1. The molecule has 1 aromatic carbocycles. The van der Waals surface area contributed by atoms with Crippen LogP contribution in [0.1, 0.15) is 18.9 Å². The van der Waals surface area contributed by atoms with Crippen molar-refractivity contribution in [3.05, 3.63) is 29.6 Å². The second-order valence-corrected chi connectivity index (χ2v) is 4.34. The van der Waals surface area contributed by atoms with Gasteiger partial charge in [-0.05, 0) is 25.0 Å². The molecule has 0 aliphatic rings. The third-order valence-electron chi connectivity index (χ3n) is 2.61. The summed E-state index contributed by atoms with van der Waals surface area (Å²) in [5.74, 6) is 0.282. The summed E-state index contributed by atoms with van der Waals surface area (Å²) in [6.07, 6.45) is 0.833. The fourth-order valence-corrected chi connectivity index (χ4v) is 1.50. The van der Waals surface area contributed by atoms with Crippen molar-refractivity contribution in [2.24, 2.45) is 0 Å². The molecule has 7 heteroatoms. The number of aromatic nitrogens is 3. The third kappa shape index (κ3) is 4.01. The smallest absolute Gasteiger partial charge is 0.330 e. The van der Waals surface area contributed by atoms with Gasteiger partial charge in [0, 0.05) is 13.1 Å². The van der Waals surface area contributed by atoms with Gasteiger partial charge in [0.15, 0.2) is 0 Å². The largest absolute Gasteiger partial charge is 0.463 e. The predicted octanol–water partition coefficient (Wildman–Crippen LogP) is 2.94. The zero-order valence-corrected chi connectivity index (χ0v) is 12.2. The molecule has 21 heavy (non-hydrogen) atoms. The highest BCUT2D eigenvalue weighted by Gasteiger charge is 2.09. The van der Waals surface area contributed by atoms with E-state index in [4.69, 9.17) is 9.47 Å². The molecular formula is C14H17FN4O2. The van der Waals surface area contributed by atoms with Crippen LogP contribution >= 0.6 is 0 Å². The minimum atomic E-state index is -0.349. The Hall–Kier alpha value is -2.44. The quantitative estimate of drug-likeness (QED) is 0.882. The molecule has 1 aromatic heterocycles. The zero-order chi connectivity index (χ0) is 15.2. The molecule has 2 aromatic rings. The lowest BCUT2D eigenvalue weighted by Gasteiger charge is -2.08. The minimum absolute atomic E-state index is 0.0451. The van der Waals surface area contributed by atoms with Crippen molar-refractivity contribution in [3.8, 4) is 17.8 Å². The van der Waals surface area contributed by atoms with E-state index in [-0.39, 0.29) is 17.8 Å². The van der Waals surface area contributed by atoms with Gasteiger partial charge < -0.3 is 14.8 Å². The van der Waals surface area contributed by atoms with Crippen LogP contribution in [0, 0.1) is 12.7 Å². The molecule has 0 unspecified atom stereocenters. The van der Waals surface area contributed by atoms with E-state index in [0.29, 0.717) is 23.9 Å². The Morgan fingerprint density at radius 1 is 1.19 bits per heavy atom. The number of rotatable bonds is 6. The topological polar surface area (TPSA) is 69.2 Å². The van der Waals surface area contributed by atoms with E-state index in [1.807, 2.05) is 6.92 Å². The van der Waals surface area contributed by atoms with Crippen LogP contribution in [-0.2, 0) is 0 Å². The molecule has 0 saturated carbocycles. The molecule has 112 valence electrons. The second kappa shape index (κ2) is 6.83. The van der Waals surface area contributed by atoms with Crippen LogP contribution in [-0.4, -0.2) is 28.6 Å². The molecule has 1 N–H and O–H groups in total. The Morgan fingerprint density at radius 2 is 1.95 bits per heavy atom. The van der Waals surface area contributed by atoms with Gasteiger partial charge in [-0.25, -0.2) is 4.39 Å². The van der Waals surface area contributed by atoms with Crippen LogP contribution in [0.5, 0.6) is 17.8 Å². The fourth-order valence-electron chi connectivity index (χ4n) is 1.50. The first-order valence-corrected chi connectivity index (χ1v) is 6.63. The van der Waals surface area contributed by atoms with Crippen molar-refractivity contribution in [1.29, 1.82) is 0 Å². The molecule has 0 fully saturated rings. The first-order valence-electron chi connectivity index (χ1n) is 6.63. The Balaban J connectivity index is 2.23. The maximum atomic E-state index is 13.5. The number of hydrogen-bond acceptors (Lipinski definition) is 6. The van der Waals surface area contributed by atoms with Crippen LogP contribution in [0.25, 0.3) is 0 Å². The Kier molecular flexibility index (Phi) is 4.86. The molecule has 0 amide bonds. The van der Waals surface area contributed by atoms with Gasteiger partial charge in [-0.3, -0.25) is 0 Å². The summed E-state index contributed by atoms with van der Waals surface area (Å²) in [4.78, 5) is 12.1. The molecule has 0 atom stereocenters. The van der Waals surface area contributed by atoms with E-state index in [1.54, 1.807) is 26.1 Å². The molecule has 2 rings (SSSR count). The second-order valence-electron chi connectivity index (χ2n) is 4.34. The highest BCUT2D eigenvalue weighted by Crippen LogP contribution is 2.22. The minimum Gasteiger partial charge on any atom is -0.463 e. The number of ether oxygens (including phenoxy) is 2. The first-order chi connectivity index (χ1) is 10.1. The maximum absolute atomic E-state index is 13.5. The summed E-state index contributed by atoms with van der Waals surface area (Å²) in [5, 5.41) is 2.79. The lowest BCUT2D eigenvalue weighted by Crippen LogP contribution is -2.06. The molecule has 0 saturated heterocycles. The lowest BCUT2D eigenvalue weighted by molar-refractivity contribution is 0.285.